The second kappa shape index (κ2) is 5.03. The first-order valence-electron chi connectivity index (χ1n) is 7.28. The summed E-state index contributed by atoms with van der Waals surface area (Å²) in [6.07, 6.45) is 1.21. The molecule has 122 valence electrons. The van der Waals surface area contributed by atoms with Crippen LogP contribution in [0.2, 0.25) is 0 Å². The quantitative estimate of drug-likeness (QED) is 0.750. The number of anilines is 2. The van der Waals surface area contributed by atoms with E-state index in [1.165, 1.54) is 12.4 Å². The van der Waals surface area contributed by atoms with Gasteiger partial charge in [-0.1, -0.05) is 12.1 Å². The molecule has 1 aromatic heterocycles. The van der Waals surface area contributed by atoms with E-state index in [1.54, 1.807) is 29.2 Å². The summed E-state index contributed by atoms with van der Waals surface area (Å²) in [6, 6.07) is 8.26. The summed E-state index contributed by atoms with van der Waals surface area (Å²) < 4.78 is 27.7. The van der Waals surface area contributed by atoms with Gasteiger partial charge in [-0.3, -0.25) is 4.79 Å². The second-order valence-electron chi connectivity index (χ2n) is 5.30. The number of H-pyrrole nitrogens is 1. The molecule has 2 N–H and O–H groups in total. The molecule has 1 amide bonds. The standard InChI is InChI=1S/C15H13N5O3S/c1-2-20-11-6-7-12(24(22,23)19-15-16-8-17-18-15)9-4-3-5-10(13(9)11)14(20)21/h3-8H,2H2,1H3,(H2,16,17,18,19). The summed E-state index contributed by atoms with van der Waals surface area (Å²) >= 11 is 0. The minimum Gasteiger partial charge on any atom is -0.308 e. The fourth-order valence-electron chi connectivity index (χ4n) is 3.00. The zero-order valence-corrected chi connectivity index (χ0v) is 13.5. The van der Waals surface area contributed by atoms with Crippen molar-refractivity contribution in [2.45, 2.75) is 11.8 Å². The Morgan fingerprint density at radius 2 is 2.08 bits per heavy atom. The van der Waals surface area contributed by atoms with Crippen LogP contribution in [0, 0.1) is 0 Å². The summed E-state index contributed by atoms with van der Waals surface area (Å²) in [4.78, 5) is 18.0. The average molecular weight is 343 g/mol. The number of carbonyl (C=O) groups is 1. The SMILES string of the molecule is CCN1C(=O)c2cccc3c(S(=O)(=O)Nc4ncn[nH]4)ccc1c23. The van der Waals surface area contributed by atoms with Crippen LogP contribution >= 0.6 is 0 Å². The minimum absolute atomic E-state index is 0.0320. The van der Waals surface area contributed by atoms with Crippen molar-refractivity contribution >= 4 is 38.3 Å². The number of rotatable bonds is 4. The van der Waals surface area contributed by atoms with Crippen LogP contribution in [-0.2, 0) is 10.0 Å². The zero-order chi connectivity index (χ0) is 16.9. The van der Waals surface area contributed by atoms with Crippen molar-refractivity contribution in [1.82, 2.24) is 15.2 Å². The van der Waals surface area contributed by atoms with Crippen LogP contribution < -0.4 is 9.62 Å². The molecule has 2 heterocycles. The van der Waals surface area contributed by atoms with Crippen LogP contribution in [0.15, 0.2) is 41.6 Å². The normalized spacial score (nSPS) is 13.7. The lowest BCUT2D eigenvalue weighted by Gasteiger charge is -2.15. The maximum absolute atomic E-state index is 12.7. The third-order valence-electron chi connectivity index (χ3n) is 4.00. The van der Waals surface area contributed by atoms with E-state index in [1.807, 2.05) is 6.92 Å². The van der Waals surface area contributed by atoms with Crippen molar-refractivity contribution in [3.05, 3.63) is 42.2 Å². The fraction of sp³-hybridized carbons (Fsp3) is 0.133. The Morgan fingerprint density at radius 1 is 1.25 bits per heavy atom. The smallest absolute Gasteiger partial charge is 0.264 e. The molecule has 3 aromatic rings. The highest BCUT2D eigenvalue weighted by Crippen LogP contribution is 2.40. The fourth-order valence-corrected chi connectivity index (χ4v) is 4.17. The highest BCUT2D eigenvalue weighted by molar-refractivity contribution is 7.93. The van der Waals surface area contributed by atoms with Gasteiger partial charge in [-0.25, -0.2) is 18.2 Å². The summed E-state index contributed by atoms with van der Waals surface area (Å²) in [6.45, 7) is 2.40. The van der Waals surface area contributed by atoms with E-state index in [4.69, 9.17) is 0 Å². The Hall–Kier alpha value is -2.94. The first-order chi connectivity index (χ1) is 11.5. The number of aromatic amines is 1. The van der Waals surface area contributed by atoms with E-state index >= 15 is 0 Å². The number of amides is 1. The van der Waals surface area contributed by atoms with Crippen molar-refractivity contribution < 1.29 is 13.2 Å². The molecule has 1 aliphatic rings. The summed E-state index contributed by atoms with van der Waals surface area (Å²) in [5, 5.41) is 7.23. The van der Waals surface area contributed by atoms with Crippen molar-refractivity contribution in [3.8, 4) is 0 Å². The van der Waals surface area contributed by atoms with Crippen molar-refractivity contribution in [2.24, 2.45) is 0 Å². The average Bonchev–Trinajstić information content (AvgIpc) is 3.15. The van der Waals surface area contributed by atoms with E-state index in [2.05, 4.69) is 19.9 Å². The Balaban J connectivity index is 1.94. The molecule has 0 atom stereocenters. The molecule has 0 fully saturated rings. The van der Waals surface area contributed by atoms with Gasteiger partial charge in [-0.05, 0) is 25.1 Å². The van der Waals surface area contributed by atoms with Crippen LogP contribution in [0.1, 0.15) is 17.3 Å². The molecule has 0 bridgehead atoms. The van der Waals surface area contributed by atoms with Crippen LogP contribution in [0.5, 0.6) is 0 Å². The summed E-state index contributed by atoms with van der Waals surface area (Å²) in [5.41, 5.74) is 1.24. The highest BCUT2D eigenvalue weighted by Gasteiger charge is 2.31. The molecule has 0 spiro atoms. The van der Waals surface area contributed by atoms with Crippen LogP contribution in [0.25, 0.3) is 10.8 Å². The predicted molar refractivity (Wildman–Crippen MR) is 88.5 cm³/mol. The van der Waals surface area contributed by atoms with E-state index in [-0.39, 0.29) is 16.8 Å². The number of hydrogen-bond donors (Lipinski definition) is 2. The number of sulfonamides is 1. The highest BCUT2D eigenvalue weighted by atomic mass is 32.2. The molecule has 8 nitrogen and oxygen atoms in total. The van der Waals surface area contributed by atoms with Gasteiger partial charge in [0.25, 0.3) is 15.9 Å². The molecule has 4 rings (SSSR count). The van der Waals surface area contributed by atoms with E-state index in [0.29, 0.717) is 22.9 Å². The molecule has 1 aliphatic heterocycles. The van der Waals surface area contributed by atoms with Gasteiger partial charge < -0.3 is 4.90 Å². The van der Waals surface area contributed by atoms with Crippen molar-refractivity contribution in [3.63, 3.8) is 0 Å². The van der Waals surface area contributed by atoms with E-state index < -0.39 is 10.0 Å². The second-order valence-corrected chi connectivity index (χ2v) is 6.95. The topological polar surface area (TPSA) is 108 Å². The van der Waals surface area contributed by atoms with Crippen LogP contribution in [0.3, 0.4) is 0 Å². The predicted octanol–water partition coefficient (Wildman–Crippen LogP) is 1.74. The van der Waals surface area contributed by atoms with Gasteiger partial charge in [-0.15, -0.1) is 0 Å². The molecule has 24 heavy (non-hydrogen) atoms. The first-order valence-corrected chi connectivity index (χ1v) is 8.77. The molecule has 2 aromatic carbocycles. The van der Waals surface area contributed by atoms with E-state index in [9.17, 15) is 13.2 Å². The lowest BCUT2D eigenvalue weighted by Crippen LogP contribution is -2.25. The first kappa shape index (κ1) is 14.6. The molecule has 0 saturated carbocycles. The van der Waals surface area contributed by atoms with Gasteiger partial charge in [0, 0.05) is 22.9 Å². The Labute approximate surface area is 137 Å². The molecule has 0 aliphatic carbocycles. The van der Waals surface area contributed by atoms with Crippen molar-refractivity contribution in [2.75, 3.05) is 16.2 Å². The lowest BCUT2D eigenvalue weighted by molar-refractivity contribution is 0.0994. The molecular weight excluding hydrogens is 330 g/mol. The van der Waals surface area contributed by atoms with Crippen LogP contribution in [0.4, 0.5) is 11.6 Å². The maximum Gasteiger partial charge on any atom is 0.264 e. The summed E-state index contributed by atoms with van der Waals surface area (Å²) in [5.74, 6) is -0.0830. The van der Waals surface area contributed by atoms with Gasteiger partial charge in [0.05, 0.1) is 10.6 Å². The minimum atomic E-state index is -3.87. The van der Waals surface area contributed by atoms with Crippen LogP contribution in [-0.4, -0.2) is 36.1 Å². The Morgan fingerprint density at radius 3 is 2.79 bits per heavy atom. The largest absolute Gasteiger partial charge is 0.308 e. The number of hydrogen-bond acceptors (Lipinski definition) is 5. The molecule has 0 saturated heterocycles. The van der Waals surface area contributed by atoms with Gasteiger partial charge in [0.2, 0.25) is 5.95 Å². The maximum atomic E-state index is 12.7. The Bertz CT molecular complexity index is 1060. The number of benzene rings is 2. The number of nitrogens with one attached hydrogen (secondary N) is 2. The molecular formula is C15H13N5O3S. The van der Waals surface area contributed by atoms with Gasteiger partial charge in [0.1, 0.15) is 6.33 Å². The number of aromatic nitrogens is 3. The van der Waals surface area contributed by atoms with Crippen molar-refractivity contribution in [1.29, 1.82) is 0 Å². The molecule has 0 radical (unpaired) electrons. The number of carbonyl (C=O) groups excluding carboxylic acids is 1. The third kappa shape index (κ3) is 1.98. The van der Waals surface area contributed by atoms with Gasteiger partial charge in [-0.2, -0.15) is 10.1 Å². The van der Waals surface area contributed by atoms with E-state index in [0.717, 1.165) is 5.69 Å². The monoisotopic (exact) mass is 343 g/mol. The lowest BCUT2D eigenvalue weighted by atomic mass is 10.1. The molecule has 9 heteroatoms. The molecule has 0 unspecified atom stereocenters. The zero-order valence-electron chi connectivity index (χ0n) is 12.6. The number of nitrogens with zero attached hydrogens (tertiary/aromatic N) is 3. The summed E-state index contributed by atoms with van der Waals surface area (Å²) in [7, 11) is -3.87. The van der Waals surface area contributed by atoms with Gasteiger partial charge in [0.15, 0.2) is 0 Å². The van der Waals surface area contributed by atoms with Gasteiger partial charge >= 0.3 is 0 Å². The third-order valence-corrected chi connectivity index (χ3v) is 5.39. The Kier molecular flexibility index (Phi) is 3.07.